The first-order chi connectivity index (χ1) is 17.8. The lowest BCUT2D eigenvalue weighted by molar-refractivity contribution is -0.139. The van der Waals surface area contributed by atoms with Crippen LogP contribution in [0.5, 0.6) is 5.75 Å². The van der Waals surface area contributed by atoms with Crippen LogP contribution in [0.1, 0.15) is 44.7 Å². The number of carbonyl (C=O) groups is 4. The van der Waals surface area contributed by atoms with E-state index in [1.807, 2.05) is 37.3 Å². The number of anilines is 2. The van der Waals surface area contributed by atoms with Gasteiger partial charge in [-0.2, -0.15) is 0 Å². The Balaban J connectivity index is 1.32. The molecule has 0 radical (unpaired) electrons. The van der Waals surface area contributed by atoms with E-state index >= 15 is 0 Å². The van der Waals surface area contributed by atoms with E-state index in [4.69, 9.17) is 4.74 Å². The maximum absolute atomic E-state index is 13.1. The van der Waals surface area contributed by atoms with Crippen LogP contribution in [0, 0.1) is 23.7 Å². The van der Waals surface area contributed by atoms with Gasteiger partial charge in [-0.15, -0.1) is 0 Å². The number of ether oxygens (including phenoxy) is 1. The van der Waals surface area contributed by atoms with Gasteiger partial charge in [-0.3, -0.25) is 19.2 Å². The van der Waals surface area contributed by atoms with Gasteiger partial charge in [0.05, 0.1) is 23.4 Å². The summed E-state index contributed by atoms with van der Waals surface area (Å²) in [5.41, 5.74) is 3.47. The number of esters is 1. The summed E-state index contributed by atoms with van der Waals surface area (Å²) in [7, 11) is 0. The molecule has 2 fully saturated rings. The summed E-state index contributed by atoms with van der Waals surface area (Å²) >= 11 is 0. The second-order valence-electron chi connectivity index (χ2n) is 10.1. The topological polar surface area (TPSA) is 84.0 Å². The van der Waals surface area contributed by atoms with Crippen molar-refractivity contribution in [3.63, 3.8) is 0 Å². The van der Waals surface area contributed by atoms with Gasteiger partial charge in [0.25, 0.3) is 0 Å². The van der Waals surface area contributed by atoms with Crippen molar-refractivity contribution < 1.29 is 23.9 Å². The van der Waals surface area contributed by atoms with E-state index in [1.165, 1.54) is 4.90 Å². The lowest BCUT2D eigenvalue weighted by Gasteiger charge is -2.23. The molecule has 0 aromatic heterocycles. The number of hydrogen-bond acceptors (Lipinski definition) is 5. The fourth-order valence-corrected chi connectivity index (χ4v) is 5.93. The number of amides is 3. The van der Waals surface area contributed by atoms with E-state index in [-0.39, 0.29) is 54.2 Å². The Bertz CT molecular complexity index is 1280. The Morgan fingerprint density at radius 3 is 2.38 bits per heavy atom. The molecule has 2 aromatic carbocycles. The average molecular weight is 501 g/mol. The van der Waals surface area contributed by atoms with E-state index in [1.54, 1.807) is 29.2 Å². The fourth-order valence-electron chi connectivity index (χ4n) is 5.93. The number of carbonyl (C=O) groups excluding carboxylic acids is 4. The van der Waals surface area contributed by atoms with E-state index in [9.17, 15) is 19.2 Å². The minimum atomic E-state index is -0.601. The summed E-state index contributed by atoms with van der Waals surface area (Å²) in [5, 5.41) is 0. The summed E-state index contributed by atoms with van der Waals surface area (Å²) in [5.74, 6) is -2.09. The van der Waals surface area contributed by atoms with Crippen LogP contribution in [0.3, 0.4) is 0 Å². The number of imide groups is 1. The quantitative estimate of drug-likeness (QED) is 0.253. The van der Waals surface area contributed by atoms with Crippen molar-refractivity contribution in [2.24, 2.45) is 23.7 Å². The first-order valence-corrected chi connectivity index (χ1v) is 13.1. The molecule has 3 amide bonds. The van der Waals surface area contributed by atoms with E-state index in [0.29, 0.717) is 12.1 Å². The molecular formula is C30H32N2O5. The lowest BCUT2D eigenvalue weighted by Crippen LogP contribution is -2.31. The number of para-hydroxylation sites is 1. The highest BCUT2D eigenvalue weighted by Gasteiger charge is 2.50. The van der Waals surface area contributed by atoms with Crippen molar-refractivity contribution in [1.29, 1.82) is 0 Å². The number of aryl methyl sites for hydroxylation is 2. The molecule has 2 saturated heterocycles. The molecule has 4 atom stereocenters. The molecule has 37 heavy (non-hydrogen) atoms. The molecule has 0 saturated carbocycles. The van der Waals surface area contributed by atoms with Crippen molar-refractivity contribution in [3.05, 3.63) is 65.7 Å². The average Bonchev–Trinajstić information content (AvgIpc) is 3.41. The molecule has 5 rings (SSSR count). The van der Waals surface area contributed by atoms with Crippen LogP contribution in [0.4, 0.5) is 11.4 Å². The van der Waals surface area contributed by atoms with E-state index in [0.717, 1.165) is 29.7 Å². The molecule has 1 aliphatic carbocycles. The van der Waals surface area contributed by atoms with Gasteiger partial charge in [-0.25, -0.2) is 4.90 Å². The number of fused-ring (bicyclic) bond motifs is 1. The highest BCUT2D eigenvalue weighted by molar-refractivity contribution is 6.22. The Morgan fingerprint density at radius 2 is 1.70 bits per heavy atom. The monoisotopic (exact) mass is 500 g/mol. The van der Waals surface area contributed by atoms with Gasteiger partial charge in [0, 0.05) is 24.7 Å². The molecular weight excluding hydrogens is 468 g/mol. The molecule has 0 spiro atoms. The van der Waals surface area contributed by atoms with Crippen LogP contribution < -0.4 is 14.5 Å². The van der Waals surface area contributed by atoms with Gasteiger partial charge < -0.3 is 9.64 Å². The third-order valence-corrected chi connectivity index (χ3v) is 7.86. The van der Waals surface area contributed by atoms with Gasteiger partial charge >= 0.3 is 5.97 Å². The van der Waals surface area contributed by atoms with Crippen molar-refractivity contribution in [2.45, 2.75) is 46.5 Å². The van der Waals surface area contributed by atoms with Gasteiger partial charge in [0.1, 0.15) is 5.75 Å². The molecule has 2 aromatic rings. The van der Waals surface area contributed by atoms with Crippen LogP contribution >= 0.6 is 0 Å². The third kappa shape index (κ3) is 4.37. The molecule has 0 unspecified atom stereocenters. The predicted molar refractivity (Wildman–Crippen MR) is 140 cm³/mol. The number of benzene rings is 2. The van der Waals surface area contributed by atoms with Gasteiger partial charge in [0.2, 0.25) is 17.7 Å². The second-order valence-corrected chi connectivity index (χ2v) is 10.1. The second kappa shape index (κ2) is 9.96. The largest absolute Gasteiger partial charge is 0.426 e. The molecule has 7 nitrogen and oxygen atoms in total. The Labute approximate surface area is 217 Å². The smallest absolute Gasteiger partial charge is 0.316 e. The Morgan fingerprint density at radius 1 is 1.00 bits per heavy atom. The zero-order chi connectivity index (χ0) is 26.3. The van der Waals surface area contributed by atoms with Crippen LogP contribution in [0.15, 0.2) is 54.6 Å². The van der Waals surface area contributed by atoms with Crippen LogP contribution in [0.25, 0.3) is 0 Å². The number of allylic oxidation sites excluding steroid dienone is 2. The van der Waals surface area contributed by atoms with E-state index in [2.05, 4.69) is 13.8 Å². The summed E-state index contributed by atoms with van der Waals surface area (Å²) in [4.78, 5) is 55.2. The Kier molecular flexibility index (Phi) is 6.71. The Hall–Kier alpha value is -3.74. The summed E-state index contributed by atoms with van der Waals surface area (Å²) in [6, 6.07) is 12.6. The first kappa shape index (κ1) is 24.9. The molecule has 7 heteroatoms. The fraction of sp³-hybridized carbons (Fsp3) is 0.400. The maximum atomic E-state index is 13.1. The molecule has 2 heterocycles. The number of rotatable bonds is 6. The normalized spacial score (nSPS) is 25.1. The van der Waals surface area contributed by atoms with Gasteiger partial charge in [0.15, 0.2) is 0 Å². The predicted octanol–water partition coefficient (Wildman–Crippen LogP) is 4.47. The highest BCUT2D eigenvalue weighted by atomic mass is 16.5. The first-order valence-electron chi connectivity index (χ1n) is 13.1. The summed E-state index contributed by atoms with van der Waals surface area (Å²) < 4.78 is 5.68. The standard InChI is InChI=1S/C30H32N2O5/c1-4-19-10-7-11-20(5-2)27(19)31-17-21(15-25(31)33)30(36)37-23-13-8-12-22(16-23)32-28(34)24-14-6-9-18(3)26(24)29(32)35/h6-13,16,18,21,24,26H,4-5,14-15,17H2,1-3H3/t18-,21-,24-,26+/m1/s1. The molecule has 2 aliphatic heterocycles. The van der Waals surface area contributed by atoms with Crippen molar-refractivity contribution in [1.82, 2.24) is 0 Å². The lowest BCUT2D eigenvalue weighted by atomic mass is 9.78. The van der Waals surface area contributed by atoms with Crippen molar-refractivity contribution >= 4 is 35.1 Å². The highest BCUT2D eigenvalue weighted by Crippen LogP contribution is 2.41. The maximum Gasteiger partial charge on any atom is 0.316 e. The number of nitrogens with zero attached hydrogens (tertiary/aromatic N) is 2. The molecule has 0 N–H and O–H groups in total. The summed E-state index contributed by atoms with van der Waals surface area (Å²) in [6.45, 7) is 6.33. The molecule has 192 valence electrons. The zero-order valence-electron chi connectivity index (χ0n) is 21.5. The summed E-state index contributed by atoms with van der Waals surface area (Å²) in [6.07, 6.45) is 6.17. The SMILES string of the molecule is CCc1cccc(CC)c1N1C[C@H](C(=O)Oc2cccc(N3C(=O)[C@H]4[C@H](C)C=CC[C@H]4C3=O)c2)CC1=O. The molecule has 0 bridgehead atoms. The van der Waals surface area contributed by atoms with Crippen LogP contribution in [-0.4, -0.2) is 30.2 Å². The molecule has 3 aliphatic rings. The van der Waals surface area contributed by atoms with Gasteiger partial charge in [-0.05, 0) is 48.4 Å². The number of hydrogen-bond donors (Lipinski definition) is 0. The minimum absolute atomic E-state index is 0.00452. The third-order valence-electron chi connectivity index (χ3n) is 7.86. The minimum Gasteiger partial charge on any atom is -0.426 e. The van der Waals surface area contributed by atoms with Gasteiger partial charge in [-0.1, -0.05) is 57.2 Å². The van der Waals surface area contributed by atoms with Crippen molar-refractivity contribution in [3.8, 4) is 5.75 Å². The van der Waals surface area contributed by atoms with Crippen molar-refractivity contribution in [2.75, 3.05) is 16.3 Å². The van der Waals surface area contributed by atoms with Crippen LogP contribution in [0.2, 0.25) is 0 Å². The van der Waals surface area contributed by atoms with E-state index < -0.39 is 11.9 Å². The van der Waals surface area contributed by atoms with Crippen LogP contribution in [-0.2, 0) is 32.0 Å². The zero-order valence-corrected chi connectivity index (χ0v) is 21.5.